The van der Waals surface area contributed by atoms with Crippen LogP contribution < -0.4 is 5.73 Å². The molecule has 0 aliphatic carbocycles. The summed E-state index contributed by atoms with van der Waals surface area (Å²) in [6.07, 6.45) is 2.07. The van der Waals surface area contributed by atoms with E-state index in [4.69, 9.17) is 5.73 Å². The molecule has 2 N–H and O–H groups in total. The standard InChI is InChI=1S/C16H25N11S2.C13H19N5S2.C12H24N10S3.C7H15N5S2/c1-24(2)8-10-26-15(18-20-22-26)28-12-6-5-7-13(14(12)17)29-16-19-21-23-27(16)11-9-25(3)4;1-17(2)8-9-18-13(14-15-16-18)20-11-10-19-12-6-4-3-5-7-12;1-19(2)5-7-21-11(13-15-17-21)24-9-23-10-25-12-14-16-18-22(12)8-6-20(3)4;1-11(2)4-5-12-7(8-9-10-12)14-6-13-3/h5-7H,8-11,17H2,1-4H3;3-7H,8-11H2,1-2H3;5-10H2,1-4H3;4-6H2,1-3H3. The van der Waals surface area contributed by atoms with Crippen molar-refractivity contribution in [2.24, 2.45) is 0 Å². The molecule has 40 heteroatoms. The van der Waals surface area contributed by atoms with Gasteiger partial charge in [-0.05, 0) is 201 Å². The Bertz CT molecular complexity index is 2950. The van der Waals surface area contributed by atoms with Gasteiger partial charge in [0.2, 0.25) is 30.9 Å². The minimum absolute atomic E-state index is 0.659. The van der Waals surface area contributed by atoms with Crippen molar-refractivity contribution in [1.82, 2.24) is 151 Å². The highest BCUT2D eigenvalue weighted by atomic mass is 32.2. The SMILES string of the molecule is CN(C)CCn1nnnc1SCCSc1ccccc1.CN(C)CCn1nnnc1SCSCSc1nnnn1CCN(C)C.CN(C)CCn1nnnc1Sc1cccc(Sc2nnnn2CCN(C)C)c1N.CSCSc1nnnn1CCN(C)C. The number of nitrogen functional groups attached to an aromatic ring is 1. The van der Waals surface area contributed by atoms with Crippen LogP contribution in [-0.4, -0.2) is 307 Å². The van der Waals surface area contributed by atoms with E-state index in [0.717, 1.165) is 123 Å². The number of rotatable bonds is 36. The van der Waals surface area contributed by atoms with Crippen LogP contribution in [0.2, 0.25) is 0 Å². The first kappa shape index (κ1) is 74.3. The smallest absolute Gasteiger partial charge is 0.214 e. The molecule has 0 spiro atoms. The number of nitrogens with zero attached hydrogens (tertiary/aromatic N) is 30. The first-order valence-corrected chi connectivity index (χ1v) is 36.6. The van der Waals surface area contributed by atoms with Gasteiger partial charge in [-0.1, -0.05) is 71.3 Å². The van der Waals surface area contributed by atoms with E-state index in [0.29, 0.717) is 29.1 Å². The predicted molar refractivity (Wildman–Crippen MR) is 358 cm³/mol. The molecular weight excluding hydrogens is 1300 g/mol. The molecule has 0 aliphatic rings. The quantitative estimate of drug-likeness (QED) is 0.0253. The summed E-state index contributed by atoms with van der Waals surface area (Å²) in [5.74, 6) is 2.05. The van der Waals surface area contributed by atoms with Gasteiger partial charge in [0.15, 0.2) is 0 Å². The summed E-state index contributed by atoms with van der Waals surface area (Å²) in [7, 11) is 24.4. The maximum atomic E-state index is 6.45. The van der Waals surface area contributed by atoms with E-state index < -0.39 is 0 Å². The molecule has 2 aromatic carbocycles. The monoisotopic (exact) mass is 1380 g/mol. The van der Waals surface area contributed by atoms with Gasteiger partial charge >= 0.3 is 0 Å². The number of benzene rings is 2. The van der Waals surface area contributed by atoms with Crippen LogP contribution in [0, 0.1) is 0 Å². The van der Waals surface area contributed by atoms with Crippen LogP contribution in [0.5, 0.6) is 0 Å². The lowest BCUT2D eigenvalue weighted by Gasteiger charge is -2.12. The third-order valence-electron chi connectivity index (χ3n) is 11.2. The fourth-order valence-corrected chi connectivity index (χ4v) is 14.4. The Morgan fingerprint density at radius 1 is 0.352 bits per heavy atom. The Balaban J connectivity index is 0.000000220. The van der Waals surface area contributed by atoms with E-state index in [1.165, 1.54) is 28.4 Å². The van der Waals surface area contributed by atoms with Gasteiger partial charge in [0, 0.05) is 80.7 Å². The van der Waals surface area contributed by atoms with Gasteiger partial charge in [-0.25, -0.2) is 28.1 Å². The molecule has 88 heavy (non-hydrogen) atoms. The van der Waals surface area contributed by atoms with E-state index in [9.17, 15) is 0 Å². The van der Waals surface area contributed by atoms with Crippen molar-refractivity contribution in [2.75, 3.05) is 163 Å². The minimum Gasteiger partial charge on any atom is -0.397 e. The fourth-order valence-electron chi connectivity index (χ4n) is 6.39. The van der Waals surface area contributed by atoms with Crippen LogP contribution in [0.1, 0.15) is 0 Å². The number of thioether (sulfide) groups is 7. The van der Waals surface area contributed by atoms with Gasteiger partial charge in [-0.2, -0.15) is 11.8 Å². The molecule has 8 rings (SSSR count). The molecule has 0 atom stereocenters. The lowest BCUT2D eigenvalue weighted by Crippen LogP contribution is -2.19. The van der Waals surface area contributed by atoms with E-state index in [2.05, 4.69) is 153 Å². The average Bonchev–Trinajstić information content (AvgIpc) is 4.61. The summed E-state index contributed by atoms with van der Waals surface area (Å²) in [4.78, 5) is 15.7. The summed E-state index contributed by atoms with van der Waals surface area (Å²) in [6, 6.07) is 16.3. The van der Waals surface area contributed by atoms with Crippen molar-refractivity contribution in [3.8, 4) is 0 Å². The van der Waals surface area contributed by atoms with Crippen molar-refractivity contribution >= 4 is 112 Å². The van der Waals surface area contributed by atoms with Gasteiger partial charge in [-0.15, -0.1) is 54.1 Å². The van der Waals surface area contributed by atoms with E-state index in [1.54, 1.807) is 79.9 Å². The largest absolute Gasteiger partial charge is 0.397 e. The van der Waals surface area contributed by atoms with Gasteiger partial charge in [0.25, 0.3) is 0 Å². The third-order valence-corrected chi connectivity index (χ3v) is 20.8. The Labute approximate surface area is 554 Å². The van der Waals surface area contributed by atoms with Gasteiger partial charge in [0.05, 0.1) is 45.0 Å². The van der Waals surface area contributed by atoms with Crippen LogP contribution in [0.15, 0.2) is 94.2 Å². The third kappa shape index (κ3) is 29.2. The fraction of sp³-hybridized carbons (Fsp3) is 0.625. The maximum Gasteiger partial charge on any atom is 0.214 e. The highest BCUT2D eigenvalue weighted by molar-refractivity contribution is 8.22. The second kappa shape index (κ2) is 42.6. The topological polar surface area (TPSA) is 307 Å². The van der Waals surface area contributed by atoms with Crippen LogP contribution >= 0.6 is 106 Å². The van der Waals surface area contributed by atoms with E-state index in [-0.39, 0.29) is 0 Å². The van der Waals surface area contributed by atoms with Crippen LogP contribution in [-0.2, 0) is 39.3 Å². The molecule has 6 heterocycles. The number of aromatic nitrogens is 24. The van der Waals surface area contributed by atoms with Crippen LogP contribution in [0.3, 0.4) is 0 Å². The molecule has 0 amide bonds. The average molecular weight is 1380 g/mol. The van der Waals surface area contributed by atoms with Crippen LogP contribution in [0.4, 0.5) is 5.69 Å². The number of hydrogen-bond donors (Lipinski definition) is 1. The molecule has 0 unspecified atom stereocenters. The van der Waals surface area contributed by atoms with Crippen molar-refractivity contribution in [3.05, 3.63) is 48.5 Å². The van der Waals surface area contributed by atoms with Gasteiger partial charge in [0.1, 0.15) is 0 Å². The highest BCUT2D eigenvalue weighted by Gasteiger charge is 2.17. The van der Waals surface area contributed by atoms with Gasteiger partial charge < -0.3 is 35.1 Å². The van der Waals surface area contributed by atoms with Crippen molar-refractivity contribution in [2.45, 2.75) is 84.9 Å². The molecule has 6 aromatic heterocycles. The Kier molecular flexibility index (Phi) is 36.0. The molecule has 0 saturated carbocycles. The lowest BCUT2D eigenvalue weighted by atomic mass is 10.3. The van der Waals surface area contributed by atoms with E-state index in [1.807, 2.05) is 139 Å². The molecule has 0 saturated heterocycles. The molecule has 8 aromatic rings. The van der Waals surface area contributed by atoms with Crippen molar-refractivity contribution in [1.29, 1.82) is 0 Å². The Morgan fingerprint density at radius 2 is 0.648 bits per heavy atom. The second-order valence-corrected chi connectivity index (χ2v) is 30.1. The number of para-hydroxylation sites is 1. The number of nitrogens with two attached hydrogens (primary N) is 1. The van der Waals surface area contributed by atoms with Crippen LogP contribution in [0.25, 0.3) is 0 Å². The zero-order valence-electron chi connectivity index (χ0n) is 52.3. The maximum absolute atomic E-state index is 6.45. The normalized spacial score (nSPS) is 11.5. The predicted octanol–water partition coefficient (Wildman–Crippen LogP) is 3.75. The zero-order chi connectivity index (χ0) is 63.5. The number of anilines is 1. The highest BCUT2D eigenvalue weighted by Crippen LogP contribution is 2.38. The molecular formula is C48H83N31S9. The van der Waals surface area contributed by atoms with E-state index >= 15 is 0 Å². The van der Waals surface area contributed by atoms with Crippen molar-refractivity contribution < 1.29 is 0 Å². The Morgan fingerprint density at radius 3 is 0.977 bits per heavy atom. The summed E-state index contributed by atoms with van der Waals surface area (Å²) in [5.41, 5.74) is 7.11. The summed E-state index contributed by atoms with van der Waals surface area (Å²) >= 11 is 15.0. The van der Waals surface area contributed by atoms with Crippen molar-refractivity contribution in [3.63, 3.8) is 0 Å². The molecule has 0 aliphatic heterocycles. The number of tetrazole rings is 6. The summed E-state index contributed by atoms with van der Waals surface area (Å²) in [5, 5.41) is 78.9. The molecule has 0 fully saturated rings. The first-order valence-electron chi connectivity index (χ1n) is 27.4. The molecule has 0 radical (unpaired) electrons. The van der Waals surface area contributed by atoms with Gasteiger partial charge in [-0.3, -0.25) is 0 Å². The second-order valence-electron chi connectivity index (χ2n) is 20.1. The minimum atomic E-state index is 0.659. The number of hydrogen-bond acceptors (Lipinski definition) is 34. The first-order chi connectivity index (χ1) is 42.5. The zero-order valence-corrected chi connectivity index (χ0v) is 59.7. The summed E-state index contributed by atoms with van der Waals surface area (Å²) < 4.78 is 11.0. The molecule has 484 valence electrons. The molecule has 31 nitrogen and oxygen atoms in total. The summed E-state index contributed by atoms with van der Waals surface area (Å²) in [6.45, 7) is 10.1. The Hall–Kier alpha value is -4.43. The number of likely N-dealkylation sites (N-methyl/N-ethyl adjacent to an activating group) is 6. The molecule has 0 bridgehead atoms. The lowest BCUT2D eigenvalue weighted by molar-refractivity contribution is 0.361.